The Hall–Kier alpha value is -3.18. The summed E-state index contributed by atoms with van der Waals surface area (Å²) < 4.78 is 17.5. The van der Waals surface area contributed by atoms with Gasteiger partial charge >= 0.3 is 11.9 Å². The average molecular weight is 1000 g/mol. The van der Waals surface area contributed by atoms with Crippen molar-refractivity contribution in [1.29, 1.82) is 0 Å². The number of unbranched alkanes of at least 4 members (excludes halogenated alkanes) is 29. The fraction of sp³-hybridized carbons (Fsp3) is 0.731. The number of rotatable bonds is 56. The van der Waals surface area contributed by atoms with Crippen molar-refractivity contribution in [2.75, 3.05) is 19.8 Å². The standard InChI is InChI=1S/C67H116O5/c1-4-7-10-13-16-19-22-25-28-31-34-36-39-42-45-48-51-54-57-60-66(68)71-64-65(63-70-62-59-56-53-50-47-44-41-38-33-30-27-24-21-18-15-12-9-6-3)72-67(69)61-58-55-52-49-46-43-40-37-35-32-29-26-23-20-17-14-11-8-5-2/h9,12,16,18-19,21,25,27-28,30,34,36,38,41,47,50,65H,4-8,10-11,13-15,17,20,22-24,26,29,31-33,35,37,39-40,42-46,48-49,51-64H2,1-3H3/b12-9-,19-16-,21-18-,28-25-,30-27-,36-34-,41-38-,50-47-. The molecule has 5 nitrogen and oxygen atoms in total. The lowest BCUT2D eigenvalue weighted by molar-refractivity contribution is -0.163. The van der Waals surface area contributed by atoms with Crippen LogP contribution in [0.3, 0.4) is 0 Å². The first kappa shape index (κ1) is 68.8. The summed E-state index contributed by atoms with van der Waals surface area (Å²) in [6.45, 7) is 7.61. The number of hydrogen-bond acceptors (Lipinski definition) is 5. The largest absolute Gasteiger partial charge is 0.462 e. The highest BCUT2D eigenvalue weighted by molar-refractivity contribution is 5.70. The zero-order valence-corrected chi connectivity index (χ0v) is 47.7. The highest BCUT2D eigenvalue weighted by atomic mass is 16.6. The molecule has 0 fully saturated rings. The zero-order chi connectivity index (χ0) is 52.0. The summed E-state index contributed by atoms with van der Waals surface area (Å²) in [5.74, 6) is -0.428. The van der Waals surface area contributed by atoms with Gasteiger partial charge in [-0.2, -0.15) is 0 Å². The van der Waals surface area contributed by atoms with E-state index in [1.807, 2.05) is 0 Å². The van der Waals surface area contributed by atoms with Crippen LogP contribution in [-0.2, 0) is 23.8 Å². The average Bonchev–Trinajstić information content (AvgIpc) is 3.38. The van der Waals surface area contributed by atoms with Crippen molar-refractivity contribution >= 4 is 11.9 Å². The predicted octanol–water partition coefficient (Wildman–Crippen LogP) is 21.4. The van der Waals surface area contributed by atoms with E-state index >= 15 is 0 Å². The van der Waals surface area contributed by atoms with Gasteiger partial charge in [-0.3, -0.25) is 9.59 Å². The summed E-state index contributed by atoms with van der Waals surface area (Å²) in [7, 11) is 0. The van der Waals surface area contributed by atoms with Crippen LogP contribution >= 0.6 is 0 Å². The predicted molar refractivity (Wildman–Crippen MR) is 316 cm³/mol. The quantitative estimate of drug-likeness (QED) is 0.0345. The minimum atomic E-state index is -0.569. The third-order valence-electron chi connectivity index (χ3n) is 13.1. The summed E-state index contributed by atoms with van der Waals surface area (Å²) in [5, 5.41) is 0. The maximum atomic E-state index is 12.9. The van der Waals surface area contributed by atoms with Crippen LogP contribution in [-0.4, -0.2) is 37.9 Å². The van der Waals surface area contributed by atoms with Crippen molar-refractivity contribution in [3.8, 4) is 0 Å². The highest BCUT2D eigenvalue weighted by Gasteiger charge is 2.17. The fourth-order valence-corrected chi connectivity index (χ4v) is 8.55. The van der Waals surface area contributed by atoms with Crippen LogP contribution in [0, 0.1) is 0 Å². The summed E-state index contributed by atoms with van der Waals surface area (Å²) in [5.41, 5.74) is 0. The first-order valence-corrected chi connectivity index (χ1v) is 30.8. The molecule has 72 heavy (non-hydrogen) atoms. The molecule has 0 radical (unpaired) electrons. The molecular formula is C67H116O5. The number of hydrogen-bond donors (Lipinski definition) is 0. The molecule has 0 bridgehead atoms. The second-order valence-corrected chi connectivity index (χ2v) is 20.2. The van der Waals surface area contributed by atoms with Crippen LogP contribution in [0.4, 0.5) is 0 Å². The Morgan fingerprint density at radius 2 is 0.625 bits per heavy atom. The Balaban J connectivity index is 4.37. The molecule has 5 heteroatoms. The third kappa shape index (κ3) is 59.4. The van der Waals surface area contributed by atoms with Gasteiger partial charge in [0.1, 0.15) is 6.61 Å². The Morgan fingerprint density at radius 3 is 1.03 bits per heavy atom. The van der Waals surface area contributed by atoms with Crippen LogP contribution in [0.15, 0.2) is 97.2 Å². The molecule has 0 saturated heterocycles. The van der Waals surface area contributed by atoms with Gasteiger partial charge in [0, 0.05) is 19.4 Å². The second kappa shape index (κ2) is 62.1. The minimum absolute atomic E-state index is 0.0588. The Labute approximate surface area is 447 Å². The van der Waals surface area contributed by atoms with Gasteiger partial charge < -0.3 is 14.2 Å². The molecule has 0 aromatic rings. The highest BCUT2D eigenvalue weighted by Crippen LogP contribution is 2.16. The third-order valence-corrected chi connectivity index (χ3v) is 13.1. The van der Waals surface area contributed by atoms with Gasteiger partial charge in [0.15, 0.2) is 6.10 Å². The zero-order valence-electron chi connectivity index (χ0n) is 47.7. The first-order chi connectivity index (χ1) is 35.6. The molecule has 0 rings (SSSR count). The van der Waals surface area contributed by atoms with Gasteiger partial charge in [0.25, 0.3) is 0 Å². The minimum Gasteiger partial charge on any atom is -0.462 e. The van der Waals surface area contributed by atoms with E-state index in [0.29, 0.717) is 19.4 Å². The number of ether oxygens (including phenoxy) is 3. The van der Waals surface area contributed by atoms with Gasteiger partial charge in [-0.05, 0) is 103 Å². The van der Waals surface area contributed by atoms with Crippen molar-refractivity contribution in [3.63, 3.8) is 0 Å². The van der Waals surface area contributed by atoms with Crippen molar-refractivity contribution in [1.82, 2.24) is 0 Å². The van der Waals surface area contributed by atoms with E-state index in [9.17, 15) is 9.59 Å². The summed E-state index contributed by atoms with van der Waals surface area (Å²) >= 11 is 0. The maximum Gasteiger partial charge on any atom is 0.306 e. The van der Waals surface area contributed by atoms with E-state index in [4.69, 9.17) is 14.2 Å². The van der Waals surface area contributed by atoms with E-state index in [2.05, 4.69) is 118 Å². The van der Waals surface area contributed by atoms with E-state index in [0.717, 1.165) is 103 Å². The molecule has 1 unspecified atom stereocenters. The van der Waals surface area contributed by atoms with Crippen LogP contribution in [0.2, 0.25) is 0 Å². The molecule has 0 aliphatic heterocycles. The van der Waals surface area contributed by atoms with Gasteiger partial charge in [0.2, 0.25) is 0 Å². The van der Waals surface area contributed by atoms with E-state index in [-0.39, 0.29) is 25.2 Å². The first-order valence-electron chi connectivity index (χ1n) is 30.8. The molecule has 0 aromatic carbocycles. The molecule has 0 spiro atoms. The van der Waals surface area contributed by atoms with Gasteiger partial charge in [-0.25, -0.2) is 0 Å². The van der Waals surface area contributed by atoms with Crippen LogP contribution in [0.5, 0.6) is 0 Å². The Bertz CT molecular complexity index is 1360. The van der Waals surface area contributed by atoms with Gasteiger partial charge in [-0.1, -0.05) is 272 Å². The fourth-order valence-electron chi connectivity index (χ4n) is 8.55. The Morgan fingerprint density at radius 1 is 0.319 bits per heavy atom. The molecule has 0 amide bonds. The normalized spacial score (nSPS) is 12.9. The molecule has 0 aliphatic carbocycles. The summed E-state index contributed by atoms with van der Waals surface area (Å²) in [4.78, 5) is 25.6. The van der Waals surface area contributed by atoms with E-state index in [1.54, 1.807) is 0 Å². The van der Waals surface area contributed by atoms with Crippen LogP contribution in [0.1, 0.15) is 290 Å². The monoisotopic (exact) mass is 1000 g/mol. The molecule has 1 atom stereocenters. The smallest absolute Gasteiger partial charge is 0.306 e. The van der Waals surface area contributed by atoms with Crippen LogP contribution < -0.4 is 0 Å². The summed E-state index contributed by atoms with van der Waals surface area (Å²) in [6.07, 6.45) is 84.4. The van der Waals surface area contributed by atoms with Gasteiger partial charge in [0.05, 0.1) is 6.61 Å². The van der Waals surface area contributed by atoms with Crippen LogP contribution in [0.25, 0.3) is 0 Å². The number of carbonyl (C=O) groups is 2. The molecule has 0 aliphatic rings. The number of carbonyl (C=O) groups excluding carboxylic acids is 2. The van der Waals surface area contributed by atoms with Crippen molar-refractivity contribution < 1.29 is 23.8 Å². The van der Waals surface area contributed by atoms with Gasteiger partial charge in [-0.15, -0.1) is 0 Å². The molecule has 0 saturated carbocycles. The molecule has 0 N–H and O–H groups in total. The number of esters is 2. The molecular weight excluding hydrogens is 885 g/mol. The molecule has 0 aromatic heterocycles. The topological polar surface area (TPSA) is 61.8 Å². The number of allylic oxidation sites excluding steroid dienone is 16. The lowest BCUT2D eigenvalue weighted by Gasteiger charge is -2.18. The maximum absolute atomic E-state index is 12.9. The van der Waals surface area contributed by atoms with Crippen molar-refractivity contribution in [2.45, 2.75) is 297 Å². The second-order valence-electron chi connectivity index (χ2n) is 20.2. The summed E-state index contributed by atoms with van der Waals surface area (Å²) in [6, 6.07) is 0. The molecule has 0 heterocycles. The van der Waals surface area contributed by atoms with Crippen molar-refractivity contribution in [3.05, 3.63) is 97.2 Å². The molecule has 414 valence electrons. The lowest BCUT2D eigenvalue weighted by atomic mass is 10.0. The van der Waals surface area contributed by atoms with E-state index < -0.39 is 6.10 Å². The lowest BCUT2D eigenvalue weighted by Crippen LogP contribution is -2.30. The van der Waals surface area contributed by atoms with Crippen molar-refractivity contribution in [2.24, 2.45) is 0 Å². The van der Waals surface area contributed by atoms with E-state index in [1.165, 1.54) is 154 Å². The Kier molecular flexibility index (Phi) is 59.4. The SMILES string of the molecule is CC/C=C\C/C=C\C/C=C\C/C=C\C/C=C\CCCCOCC(COC(=O)CCCCCCCC/C=C\C/C=C\C/C=C\CCCCC)OC(=O)CCCCCCCCCCCCCCCCCCCCC.